The lowest BCUT2D eigenvalue weighted by molar-refractivity contribution is -0.397. The third-order valence-electron chi connectivity index (χ3n) is 16.3. The van der Waals surface area contributed by atoms with Crippen molar-refractivity contribution in [2.24, 2.45) is 0 Å². The molecule has 41 heteroatoms. The van der Waals surface area contributed by atoms with Crippen molar-refractivity contribution < 1.29 is 197 Å². The molecule has 14 bridgehead atoms. The van der Waals surface area contributed by atoms with Crippen LogP contribution in [0.5, 0.6) is 0 Å². The van der Waals surface area contributed by atoms with Gasteiger partial charge in [0, 0.05) is 12.7 Å². The summed E-state index contributed by atoms with van der Waals surface area (Å²) in [6.07, 6.45) is -73.3. The summed E-state index contributed by atoms with van der Waals surface area (Å²) in [5.74, 6) is 0. The van der Waals surface area contributed by atoms with E-state index < -0.39 is 289 Å². The number of aliphatic hydroxyl groups is 21. The molecule has 0 radical (unpaired) electrons. The van der Waals surface area contributed by atoms with Crippen molar-refractivity contribution in [1.82, 2.24) is 0 Å². The van der Waals surface area contributed by atoms with Crippen LogP contribution in [0.3, 0.4) is 0 Å². The van der Waals surface area contributed by atoms with E-state index in [0.29, 0.717) is 0 Å². The third-order valence-corrected chi connectivity index (χ3v) is 17.3. The summed E-state index contributed by atoms with van der Waals surface area (Å²) in [5, 5.41) is 234. The molecule has 0 saturated carbocycles. The lowest BCUT2D eigenvalue weighted by atomic mass is 9.95. The van der Waals surface area contributed by atoms with Crippen LogP contribution in [0.4, 0.5) is 0 Å². The van der Waals surface area contributed by atoms with E-state index in [9.17, 15) is 122 Å². The van der Waals surface area contributed by atoms with Gasteiger partial charge < -0.3 is 197 Å². The fourth-order valence-corrected chi connectivity index (χ4v) is 12.0. The van der Waals surface area contributed by atoms with E-state index in [0.717, 1.165) is 0 Å². The molecule has 0 aromatic carbocycles. The van der Waals surface area contributed by atoms with Crippen LogP contribution in [0.15, 0.2) is 0 Å². The molecule has 89 heavy (non-hydrogen) atoms. The van der Waals surface area contributed by atoms with Gasteiger partial charge in [0.15, 0.2) is 44.0 Å². The lowest BCUT2D eigenvalue weighted by Crippen LogP contribution is -2.68. The average Bonchev–Trinajstić information content (AvgIpc) is 1.04. The van der Waals surface area contributed by atoms with Gasteiger partial charge in [0.1, 0.15) is 177 Å². The van der Waals surface area contributed by atoms with Crippen molar-refractivity contribution in [2.45, 2.75) is 234 Å². The molecule has 24 N–H and O–H groups in total. The van der Waals surface area contributed by atoms with E-state index >= 15 is 0 Å². The Morgan fingerprint density at radius 3 is 0.697 bits per heavy atom. The van der Waals surface area contributed by atoms with Gasteiger partial charge in [-0.15, -0.1) is 0 Å². The van der Waals surface area contributed by atoms with Gasteiger partial charge in [-0.3, -0.25) is 0 Å². The molecule has 21 aliphatic heterocycles. The minimum absolute atomic E-state index is 0.00873. The van der Waals surface area contributed by atoms with Crippen LogP contribution < -0.4 is 0 Å². The smallest absolute Gasteiger partial charge is 0.394 e. The average molecular weight is 1330 g/mol. The molecule has 0 spiro atoms. The molecule has 0 amide bonds. The van der Waals surface area contributed by atoms with E-state index in [-0.39, 0.29) is 19.1 Å². The minimum atomic E-state index is -4.38. The summed E-state index contributed by atoms with van der Waals surface area (Å²) in [4.78, 5) is 27.7. The number of ether oxygens (including phenoxy) is 16. The van der Waals surface area contributed by atoms with Gasteiger partial charge in [-0.2, -0.15) is 0 Å². The van der Waals surface area contributed by atoms with E-state index in [1.165, 1.54) is 0 Å². The first kappa shape index (κ1) is 73.4. The van der Waals surface area contributed by atoms with Gasteiger partial charge in [0.25, 0.3) is 0 Å². The number of aliphatic hydroxyl groups excluding tert-OH is 21. The van der Waals surface area contributed by atoms with E-state index in [2.05, 4.69) is 0 Å². The number of rotatable bonds is 16. The Morgan fingerprint density at radius 2 is 0.483 bits per heavy atom. The molecular formula is C48H84O40Si. The summed E-state index contributed by atoms with van der Waals surface area (Å²) >= 11 is 0. The van der Waals surface area contributed by atoms with Gasteiger partial charge >= 0.3 is 8.80 Å². The molecule has 40 nitrogen and oxygen atoms in total. The molecule has 21 fully saturated rings. The summed E-state index contributed by atoms with van der Waals surface area (Å²) in [7, 11) is -4.38. The molecule has 21 rings (SSSR count). The number of hydrogen-bond donors (Lipinski definition) is 24. The third kappa shape index (κ3) is 16.5. The van der Waals surface area contributed by atoms with Crippen molar-refractivity contribution in [3.8, 4) is 0 Å². The normalized spacial score (nSPS) is 50.1. The topological polar surface area (TPSA) is 633 Å². The number of hydrogen-bond acceptors (Lipinski definition) is 40. The van der Waals surface area contributed by atoms with Crippen LogP contribution in [0.2, 0.25) is 6.04 Å². The van der Waals surface area contributed by atoms with Crippen molar-refractivity contribution >= 4 is 8.80 Å². The van der Waals surface area contributed by atoms with Crippen molar-refractivity contribution in [2.75, 3.05) is 66.1 Å². The predicted octanol–water partition coefficient (Wildman–Crippen LogP) is -16.5. The predicted molar refractivity (Wildman–Crippen MR) is 271 cm³/mol. The van der Waals surface area contributed by atoms with Crippen LogP contribution in [0, 0.1) is 0 Å². The summed E-state index contributed by atoms with van der Waals surface area (Å²) in [5.41, 5.74) is 0. The van der Waals surface area contributed by atoms with Crippen LogP contribution in [0.1, 0.15) is 6.42 Å². The zero-order valence-electron chi connectivity index (χ0n) is 47.0. The molecule has 36 atom stereocenters. The Balaban J connectivity index is 1.07. The van der Waals surface area contributed by atoms with Crippen LogP contribution in [0.25, 0.3) is 0 Å². The van der Waals surface area contributed by atoms with Crippen molar-refractivity contribution in [3.63, 3.8) is 0 Å². The first-order valence-corrected chi connectivity index (χ1v) is 30.6. The van der Waals surface area contributed by atoms with Gasteiger partial charge in [-0.1, -0.05) is 0 Å². The van der Waals surface area contributed by atoms with Crippen LogP contribution >= 0.6 is 0 Å². The summed E-state index contributed by atoms with van der Waals surface area (Å²) in [6, 6.07) is -0.372. The second-order valence-electron chi connectivity index (χ2n) is 22.6. The Kier molecular flexibility index (Phi) is 26.5. The van der Waals surface area contributed by atoms with Gasteiger partial charge in [-0.25, -0.2) is 0 Å². The molecule has 0 aromatic heterocycles. The fourth-order valence-electron chi connectivity index (χ4n) is 11.4. The fraction of sp³-hybridized carbons (Fsp3) is 1.00. The first-order valence-electron chi connectivity index (χ1n) is 28.6. The maximum absolute atomic E-state index is 11.8. The summed E-state index contributed by atoms with van der Waals surface area (Å²) in [6.45, 7) is -8.38. The highest BCUT2D eigenvalue weighted by molar-refractivity contribution is 6.56. The Labute approximate surface area is 504 Å². The zero-order valence-corrected chi connectivity index (χ0v) is 48.0. The molecular weight excluding hydrogens is 1240 g/mol. The van der Waals surface area contributed by atoms with Crippen molar-refractivity contribution in [1.29, 1.82) is 0 Å². The highest BCUT2D eigenvalue weighted by Crippen LogP contribution is 2.39. The first-order chi connectivity index (χ1) is 42.2. The van der Waals surface area contributed by atoms with E-state index in [1.54, 1.807) is 0 Å². The zero-order chi connectivity index (χ0) is 65.1. The lowest BCUT2D eigenvalue weighted by Gasteiger charge is -2.50. The molecule has 520 valence electrons. The Hall–Kier alpha value is -1.38. The SMILES string of the molecule is OC[C@H]1O[C@@H]2O[C@H]3[C@H](O)[C@@H](O)[C@@H](O[C@H]4[C@H](O)[C@@H](O)[C@@H](O[C@H]5[C@H](O)[C@@H](O)[C@@H](O[C@H]6[C@H](O)[C@@H](O)[C@@H](O[C@H]7[C@H](O)[C@@H](O)[C@@H](O[C@H]8[C@H](O)[C@@H](O)[C@@H](O[C@H]1[C@H](O)[C@H]2O)O[C@@H]8CO)O[C@@H]7CO)O[C@@H]6CO)O[C@@H]5COCC(O)COCCC[Si](O)(O)O)O[C@@H]4CO)O[C@@H]3CO. The monoisotopic (exact) mass is 1330 g/mol. The molecule has 21 heterocycles. The largest absolute Gasteiger partial charge is 0.492 e. The highest BCUT2D eigenvalue weighted by atomic mass is 28.4. The summed E-state index contributed by atoms with van der Waals surface area (Å²) < 4.78 is 91.6. The minimum Gasteiger partial charge on any atom is -0.394 e. The molecule has 21 saturated heterocycles. The van der Waals surface area contributed by atoms with Gasteiger partial charge in [0.05, 0.1) is 59.5 Å². The van der Waals surface area contributed by atoms with Gasteiger partial charge in [0.2, 0.25) is 0 Å². The molecule has 0 aliphatic carbocycles. The quantitative estimate of drug-likeness (QED) is 0.0504. The molecule has 1 unspecified atom stereocenters. The van der Waals surface area contributed by atoms with Crippen molar-refractivity contribution in [3.05, 3.63) is 0 Å². The standard InChI is InChI=1S/C48H84O40Si/c49-4-14-35-22(57)29(64)43(76-14)84-37-16(6-51)78-45(31(66)24(37)59)86-39-18(8-53)80-47(33(68)26(39)61)88-41-20(12-74-11-13(55)10-73-2-1-3-89(70,71)72)81-48(34(69)27(41)62)87-40-19(9-54)79-46(32(67)25(40)60)85-38-17(7-52)77-44(30(65)23(38)58)83-36-15(5-50)75-42(82-35)28(63)21(36)56/h13-72H,1-12H2/t13?,14-,15-,16-,17-,18-,19-,20-,21-,22-,23-,24-,25-,26-,27-,28-,29-,30-,31-,32-,33-,34-,35-,36-,37-,38-,39-,40-,41-,42-,43-,44-,45-,46-,47-,48-/m1/s1. The Bertz CT molecular complexity index is 2100. The van der Waals surface area contributed by atoms with Crippen LogP contribution in [-0.4, -0.2) is 418 Å². The van der Waals surface area contributed by atoms with E-state index in [4.69, 9.17) is 75.8 Å². The maximum Gasteiger partial charge on any atom is 0.492 e. The maximum atomic E-state index is 11.8. The second kappa shape index (κ2) is 32.1. The van der Waals surface area contributed by atoms with Crippen LogP contribution in [-0.2, 0) is 75.8 Å². The second-order valence-corrected chi connectivity index (χ2v) is 24.7. The Morgan fingerprint density at radius 1 is 0.281 bits per heavy atom. The molecule has 0 aromatic rings. The highest BCUT2D eigenvalue weighted by Gasteiger charge is 2.60. The van der Waals surface area contributed by atoms with Gasteiger partial charge in [-0.05, 0) is 6.42 Å². The molecule has 21 aliphatic rings. The van der Waals surface area contributed by atoms with E-state index in [1.807, 2.05) is 0 Å².